The molecule has 1 aromatic rings. The summed E-state index contributed by atoms with van der Waals surface area (Å²) in [6.07, 6.45) is 7.91. The van der Waals surface area contributed by atoms with Crippen LogP contribution in [0.4, 0.5) is 5.69 Å². The topological polar surface area (TPSA) is 32.7 Å². The number of fused-ring (bicyclic) bond motifs is 1. The van der Waals surface area contributed by atoms with Gasteiger partial charge in [-0.1, -0.05) is 23.8 Å². The second-order valence-electron chi connectivity index (χ2n) is 5.48. The van der Waals surface area contributed by atoms with Crippen LogP contribution in [0.3, 0.4) is 0 Å². The van der Waals surface area contributed by atoms with E-state index in [2.05, 4.69) is 23.1 Å². The van der Waals surface area contributed by atoms with Crippen LogP contribution in [0.25, 0.3) is 0 Å². The molecule has 1 N–H and O–H groups in total. The predicted molar refractivity (Wildman–Crippen MR) is 81.6 cm³/mol. The molecule has 0 aromatic heterocycles. The molecule has 3 rings (SSSR count). The number of rotatable bonds is 3. The zero-order chi connectivity index (χ0) is 13.9. The second-order valence-corrected chi connectivity index (χ2v) is 5.48. The van der Waals surface area contributed by atoms with Crippen LogP contribution in [-0.2, 0) is 6.42 Å². The molecule has 0 spiro atoms. The van der Waals surface area contributed by atoms with Gasteiger partial charge < -0.3 is 14.7 Å². The highest BCUT2D eigenvalue weighted by molar-refractivity contribution is 5.66. The van der Waals surface area contributed by atoms with Gasteiger partial charge in [0.25, 0.3) is 0 Å². The highest BCUT2D eigenvalue weighted by Gasteiger charge is 2.21. The van der Waals surface area contributed by atoms with E-state index in [1.807, 2.05) is 12.1 Å². The van der Waals surface area contributed by atoms with Crippen LogP contribution >= 0.6 is 0 Å². The van der Waals surface area contributed by atoms with E-state index in [9.17, 15) is 5.11 Å². The summed E-state index contributed by atoms with van der Waals surface area (Å²) in [5.74, 6) is 1.46. The monoisotopic (exact) mass is 271 g/mol. The number of aliphatic hydroxyl groups excluding tert-OH is 1. The molecule has 1 aliphatic carbocycles. The second kappa shape index (κ2) is 5.61. The zero-order valence-corrected chi connectivity index (χ0v) is 11.9. The van der Waals surface area contributed by atoms with E-state index < -0.39 is 0 Å². The fraction of sp³-hybridized carbons (Fsp3) is 0.412. The van der Waals surface area contributed by atoms with E-state index in [4.69, 9.17) is 4.74 Å². The number of anilines is 1. The van der Waals surface area contributed by atoms with E-state index in [1.54, 1.807) is 7.11 Å². The summed E-state index contributed by atoms with van der Waals surface area (Å²) in [6, 6.07) is 6.31. The molecule has 20 heavy (non-hydrogen) atoms. The summed E-state index contributed by atoms with van der Waals surface area (Å²) < 4.78 is 5.54. The minimum Gasteiger partial charge on any atom is -0.512 e. The first-order valence-electron chi connectivity index (χ1n) is 7.26. The normalized spacial score (nSPS) is 18.1. The van der Waals surface area contributed by atoms with Crippen LogP contribution in [0.1, 0.15) is 24.8 Å². The number of benzene rings is 1. The first-order chi connectivity index (χ1) is 9.78. The zero-order valence-electron chi connectivity index (χ0n) is 11.9. The van der Waals surface area contributed by atoms with E-state index >= 15 is 0 Å². The van der Waals surface area contributed by atoms with Gasteiger partial charge in [-0.15, -0.1) is 0 Å². The Hall–Kier alpha value is -1.90. The number of ether oxygens (including phenoxy) is 1. The van der Waals surface area contributed by atoms with Gasteiger partial charge in [-0.2, -0.15) is 0 Å². The summed E-state index contributed by atoms with van der Waals surface area (Å²) in [5, 5.41) is 9.46. The Bertz CT molecular complexity index is 546. The van der Waals surface area contributed by atoms with E-state index in [-0.39, 0.29) is 0 Å². The minimum atomic E-state index is 0.491. The van der Waals surface area contributed by atoms with Gasteiger partial charge in [0.05, 0.1) is 18.6 Å². The Labute approximate surface area is 120 Å². The van der Waals surface area contributed by atoms with Crippen molar-refractivity contribution in [3.8, 4) is 5.75 Å². The fourth-order valence-corrected chi connectivity index (χ4v) is 3.07. The molecule has 0 radical (unpaired) electrons. The molecule has 0 unspecified atom stereocenters. The molecule has 1 aromatic carbocycles. The SMILES string of the molecule is COc1cccc2c1N(CC1=CC=C(O)CC1)CCC2. The largest absolute Gasteiger partial charge is 0.512 e. The Kier molecular flexibility index (Phi) is 3.68. The maximum absolute atomic E-state index is 9.46. The van der Waals surface area contributed by atoms with E-state index in [0.717, 1.165) is 38.1 Å². The molecule has 3 nitrogen and oxygen atoms in total. The summed E-state index contributed by atoms with van der Waals surface area (Å²) >= 11 is 0. The molecule has 3 heteroatoms. The third kappa shape index (κ3) is 2.53. The highest BCUT2D eigenvalue weighted by atomic mass is 16.5. The van der Waals surface area contributed by atoms with Crippen molar-refractivity contribution < 1.29 is 9.84 Å². The van der Waals surface area contributed by atoms with Gasteiger partial charge >= 0.3 is 0 Å². The quantitative estimate of drug-likeness (QED) is 0.911. The van der Waals surface area contributed by atoms with Crippen LogP contribution in [0.15, 0.2) is 41.7 Å². The lowest BCUT2D eigenvalue weighted by Crippen LogP contribution is -2.31. The molecule has 0 saturated carbocycles. The number of allylic oxidation sites excluding steroid dienone is 3. The lowest BCUT2D eigenvalue weighted by Gasteiger charge is -2.33. The van der Waals surface area contributed by atoms with Crippen molar-refractivity contribution in [3.63, 3.8) is 0 Å². The van der Waals surface area contributed by atoms with Crippen LogP contribution in [0, 0.1) is 0 Å². The maximum Gasteiger partial charge on any atom is 0.142 e. The summed E-state index contributed by atoms with van der Waals surface area (Å²) in [7, 11) is 1.74. The summed E-state index contributed by atoms with van der Waals surface area (Å²) in [4.78, 5) is 2.42. The lowest BCUT2D eigenvalue weighted by molar-refractivity contribution is 0.385. The Morgan fingerprint density at radius 3 is 2.85 bits per heavy atom. The Balaban J connectivity index is 1.86. The molecular weight excluding hydrogens is 250 g/mol. The third-order valence-corrected chi connectivity index (χ3v) is 4.10. The smallest absolute Gasteiger partial charge is 0.142 e. The standard InChI is InChI=1S/C17H21NO2/c1-20-16-6-2-4-14-5-3-11-18(17(14)16)12-13-7-9-15(19)10-8-13/h2,4,6-7,9,19H,3,5,8,10-12H2,1H3. The molecule has 1 heterocycles. The molecule has 2 aliphatic rings. The summed E-state index contributed by atoms with van der Waals surface area (Å²) in [5.41, 5.74) is 4.01. The molecule has 1 aliphatic heterocycles. The number of methoxy groups -OCH3 is 1. The number of hydrogen-bond acceptors (Lipinski definition) is 3. The fourth-order valence-electron chi connectivity index (χ4n) is 3.07. The number of nitrogens with zero attached hydrogens (tertiary/aromatic N) is 1. The van der Waals surface area contributed by atoms with Crippen LogP contribution in [0.5, 0.6) is 5.75 Å². The molecular formula is C17H21NO2. The number of para-hydroxylation sites is 1. The number of aryl methyl sites for hydroxylation is 1. The van der Waals surface area contributed by atoms with Crippen molar-refractivity contribution in [2.24, 2.45) is 0 Å². The van der Waals surface area contributed by atoms with Crippen molar-refractivity contribution in [1.29, 1.82) is 0 Å². The van der Waals surface area contributed by atoms with Crippen LogP contribution in [0.2, 0.25) is 0 Å². The molecule has 0 saturated heterocycles. The summed E-state index contributed by atoms with van der Waals surface area (Å²) in [6.45, 7) is 2.00. The number of hydrogen-bond donors (Lipinski definition) is 1. The molecule has 0 amide bonds. The lowest BCUT2D eigenvalue weighted by atomic mass is 9.98. The molecule has 0 bridgehead atoms. The van der Waals surface area contributed by atoms with Gasteiger partial charge in [0.15, 0.2) is 0 Å². The minimum absolute atomic E-state index is 0.491. The van der Waals surface area contributed by atoms with Crippen molar-refractivity contribution in [2.75, 3.05) is 25.1 Å². The highest BCUT2D eigenvalue weighted by Crippen LogP contribution is 2.36. The van der Waals surface area contributed by atoms with Crippen LogP contribution in [-0.4, -0.2) is 25.3 Å². The average Bonchev–Trinajstić information content (AvgIpc) is 2.49. The first kappa shape index (κ1) is 13.1. The molecule has 0 fully saturated rings. The maximum atomic E-state index is 9.46. The van der Waals surface area contributed by atoms with Gasteiger partial charge in [-0.3, -0.25) is 0 Å². The van der Waals surface area contributed by atoms with Crippen molar-refractivity contribution in [2.45, 2.75) is 25.7 Å². The van der Waals surface area contributed by atoms with Gasteiger partial charge in [0, 0.05) is 19.5 Å². The molecule has 0 atom stereocenters. The Morgan fingerprint density at radius 2 is 2.10 bits per heavy atom. The Morgan fingerprint density at radius 1 is 1.20 bits per heavy atom. The van der Waals surface area contributed by atoms with Crippen molar-refractivity contribution in [3.05, 3.63) is 47.2 Å². The van der Waals surface area contributed by atoms with Gasteiger partial charge in [-0.25, -0.2) is 0 Å². The molecule has 106 valence electrons. The van der Waals surface area contributed by atoms with Gasteiger partial charge in [0.2, 0.25) is 0 Å². The van der Waals surface area contributed by atoms with Crippen molar-refractivity contribution >= 4 is 5.69 Å². The first-order valence-corrected chi connectivity index (χ1v) is 7.26. The van der Waals surface area contributed by atoms with Gasteiger partial charge in [0.1, 0.15) is 5.75 Å². The predicted octanol–water partition coefficient (Wildman–Crippen LogP) is 3.61. The average molecular weight is 271 g/mol. The van der Waals surface area contributed by atoms with Gasteiger partial charge in [-0.05, 0) is 37.0 Å². The van der Waals surface area contributed by atoms with Crippen molar-refractivity contribution in [1.82, 2.24) is 0 Å². The van der Waals surface area contributed by atoms with E-state index in [0.29, 0.717) is 5.76 Å². The third-order valence-electron chi connectivity index (χ3n) is 4.10. The van der Waals surface area contributed by atoms with E-state index in [1.165, 1.54) is 23.2 Å². The number of aliphatic hydroxyl groups is 1. The van der Waals surface area contributed by atoms with Crippen LogP contribution < -0.4 is 9.64 Å².